The minimum atomic E-state index is -0.0197. The van der Waals surface area contributed by atoms with Crippen LogP contribution in [0.5, 0.6) is 5.75 Å². The van der Waals surface area contributed by atoms with Crippen molar-refractivity contribution in [2.45, 2.75) is 19.8 Å². The smallest absolute Gasteiger partial charge is 0.243 e. The molecule has 25 heavy (non-hydrogen) atoms. The molecule has 1 N–H and O–H groups in total. The molecule has 0 aliphatic carbocycles. The fourth-order valence-corrected chi connectivity index (χ4v) is 3.02. The minimum Gasteiger partial charge on any atom is -0.489 e. The van der Waals surface area contributed by atoms with E-state index >= 15 is 0 Å². The van der Waals surface area contributed by atoms with Gasteiger partial charge in [-0.15, -0.1) is 0 Å². The van der Waals surface area contributed by atoms with E-state index < -0.39 is 0 Å². The monoisotopic (exact) mass is 336 g/mol. The van der Waals surface area contributed by atoms with Gasteiger partial charge in [0.1, 0.15) is 12.4 Å². The van der Waals surface area contributed by atoms with Gasteiger partial charge >= 0.3 is 0 Å². The van der Waals surface area contributed by atoms with Crippen molar-refractivity contribution in [1.29, 1.82) is 0 Å². The zero-order chi connectivity index (χ0) is 17.6. The predicted octanol–water partition coefficient (Wildman–Crippen LogP) is 4.03. The summed E-state index contributed by atoms with van der Waals surface area (Å²) in [5, 5.41) is 2.97. The van der Waals surface area contributed by atoms with E-state index in [-0.39, 0.29) is 5.91 Å². The van der Waals surface area contributed by atoms with E-state index in [0.29, 0.717) is 13.2 Å². The molecule has 3 rings (SSSR count). The number of ether oxygens (including phenoxy) is 1. The van der Waals surface area contributed by atoms with Crippen molar-refractivity contribution in [2.24, 2.45) is 0 Å². The summed E-state index contributed by atoms with van der Waals surface area (Å²) in [5.41, 5.74) is 4.19. The van der Waals surface area contributed by atoms with E-state index in [1.165, 1.54) is 11.3 Å². The van der Waals surface area contributed by atoms with Gasteiger partial charge in [0.25, 0.3) is 0 Å². The normalized spacial score (nSPS) is 13.1. The van der Waals surface area contributed by atoms with E-state index in [9.17, 15) is 4.79 Å². The number of fused-ring (bicyclic) bond motifs is 1. The number of amides is 1. The largest absolute Gasteiger partial charge is 0.489 e. The van der Waals surface area contributed by atoms with E-state index in [1.807, 2.05) is 37.3 Å². The number of hydrogen-bond acceptors (Lipinski definition) is 3. The Morgan fingerprint density at radius 3 is 2.92 bits per heavy atom. The molecule has 0 bridgehead atoms. The lowest BCUT2D eigenvalue weighted by Gasteiger charge is -2.30. The summed E-state index contributed by atoms with van der Waals surface area (Å²) in [4.78, 5) is 14.6. The number of rotatable bonds is 6. The van der Waals surface area contributed by atoms with Gasteiger partial charge in [-0.3, -0.25) is 4.79 Å². The summed E-state index contributed by atoms with van der Waals surface area (Å²) in [7, 11) is 0. The number of para-hydroxylation sites is 1. The molecule has 1 amide bonds. The first kappa shape index (κ1) is 17.1. The van der Waals surface area contributed by atoms with Crippen molar-refractivity contribution in [3.8, 4) is 5.75 Å². The summed E-state index contributed by atoms with van der Waals surface area (Å²) in [5.74, 6) is 0.706. The number of carbonyl (C=O) groups is 1. The molecule has 0 unspecified atom stereocenters. The summed E-state index contributed by atoms with van der Waals surface area (Å²) in [6.07, 6.45) is 2.16. The SMILES string of the molecule is C=C(C)COc1cccc(NC(=O)CN2CCCc3ccccc32)c1. The third kappa shape index (κ3) is 4.63. The second-order valence-corrected chi connectivity index (χ2v) is 6.48. The van der Waals surface area contributed by atoms with Crippen LogP contribution in [0.2, 0.25) is 0 Å². The highest BCUT2D eigenvalue weighted by Crippen LogP contribution is 2.26. The molecule has 1 aliphatic heterocycles. The Labute approximate surface area is 149 Å². The molecule has 0 atom stereocenters. The Morgan fingerprint density at radius 1 is 1.24 bits per heavy atom. The maximum absolute atomic E-state index is 12.5. The van der Waals surface area contributed by atoms with Crippen LogP contribution in [0.3, 0.4) is 0 Å². The molecule has 4 heteroatoms. The fraction of sp³-hybridized carbons (Fsp3) is 0.286. The van der Waals surface area contributed by atoms with Crippen LogP contribution in [0.4, 0.5) is 11.4 Å². The zero-order valence-corrected chi connectivity index (χ0v) is 14.6. The molecule has 1 heterocycles. The Bertz CT molecular complexity index is 770. The average Bonchev–Trinajstić information content (AvgIpc) is 2.60. The highest BCUT2D eigenvalue weighted by Gasteiger charge is 2.18. The van der Waals surface area contributed by atoms with Crippen molar-refractivity contribution in [1.82, 2.24) is 0 Å². The molecule has 0 radical (unpaired) electrons. The molecule has 4 nitrogen and oxygen atoms in total. The Hall–Kier alpha value is -2.75. The number of hydrogen-bond donors (Lipinski definition) is 1. The van der Waals surface area contributed by atoms with Gasteiger partial charge in [0.2, 0.25) is 5.91 Å². The van der Waals surface area contributed by atoms with Crippen LogP contribution in [0.25, 0.3) is 0 Å². The molecule has 0 saturated heterocycles. The molecule has 130 valence electrons. The molecule has 2 aromatic rings. The van der Waals surface area contributed by atoms with Crippen molar-refractivity contribution in [2.75, 3.05) is 29.9 Å². The van der Waals surface area contributed by atoms with Gasteiger partial charge in [0.15, 0.2) is 0 Å². The summed E-state index contributed by atoms with van der Waals surface area (Å²) in [6.45, 7) is 7.48. The topological polar surface area (TPSA) is 41.6 Å². The second kappa shape index (κ2) is 7.88. The average molecular weight is 336 g/mol. The fourth-order valence-electron chi connectivity index (χ4n) is 3.02. The molecule has 0 saturated carbocycles. The zero-order valence-electron chi connectivity index (χ0n) is 14.6. The molecular weight excluding hydrogens is 312 g/mol. The standard InChI is InChI=1S/C21H24N2O2/c1-16(2)15-25-19-10-5-9-18(13-19)22-21(24)14-23-12-6-8-17-7-3-4-11-20(17)23/h3-5,7,9-11,13H,1,6,8,12,14-15H2,2H3,(H,22,24). The van der Waals surface area contributed by atoms with Gasteiger partial charge in [-0.25, -0.2) is 0 Å². The third-order valence-corrected chi connectivity index (χ3v) is 4.14. The lowest BCUT2D eigenvalue weighted by atomic mass is 10.0. The molecular formula is C21H24N2O2. The van der Waals surface area contributed by atoms with E-state index in [2.05, 4.69) is 35.0 Å². The van der Waals surface area contributed by atoms with Crippen molar-refractivity contribution in [3.05, 3.63) is 66.2 Å². The van der Waals surface area contributed by atoms with Crippen molar-refractivity contribution >= 4 is 17.3 Å². The lowest BCUT2D eigenvalue weighted by Crippen LogP contribution is -2.36. The first-order valence-electron chi connectivity index (χ1n) is 8.62. The highest BCUT2D eigenvalue weighted by atomic mass is 16.5. The van der Waals surface area contributed by atoms with Crippen LogP contribution in [0.15, 0.2) is 60.7 Å². The molecule has 0 spiro atoms. The number of carbonyl (C=O) groups excluding carboxylic acids is 1. The summed E-state index contributed by atoms with van der Waals surface area (Å²) in [6, 6.07) is 15.8. The lowest BCUT2D eigenvalue weighted by molar-refractivity contribution is -0.115. The number of nitrogens with one attached hydrogen (secondary N) is 1. The number of aryl methyl sites for hydroxylation is 1. The van der Waals surface area contributed by atoms with Gasteiger partial charge in [-0.1, -0.05) is 30.8 Å². The first-order valence-corrected chi connectivity index (χ1v) is 8.62. The maximum atomic E-state index is 12.5. The quantitative estimate of drug-likeness (QED) is 0.810. The van der Waals surface area contributed by atoms with Gasteiger partial charge in [-0.05, 0) is 49.1 Å². The second-order valence-electron chi connectivity index (χ2n) is 6.48. The molecule has 2 aromatic carbocycles. The number of anilines is 2. The first-order chi connectivity index (χ1) is 12.1. The van der Waals surface area contributed by atoms with Crippen LogP contribution in [-0.4, -0.2) is 25.6 Å². The van der Waals surface area contributed by atoms with E-state index in [4.69, 9.17) is 4.74 Å². The molecule has 0 fully saturated rings. The molecule has 1 aliphatic rings. The van der Waals surface area contributed by atoms with Gasteiger partial charge in [-0.2, -0.15) is 0 Å². The van der Waals surface area contributed by atoms with Crippen LogP contribution >= 0.6 is 0 Å². The number of benzene rings is 2. The van der Waals surface area contributed by atoms with E-state index in [0.717, 1.165) is 36.4 Å². The predicted molar refractivity (Wildman–Crippen MR) is 102 cm³/mol. The maximum Gasteiger partial charge on any atom is 0.243 e. The Balaban J connectivity index is 1.62. The van der Waals surface area contributed by atoms with Gasteiger partial charge in [0, 0.05) is 24.0 Å². The van der Waals surface area contributed by atoms with Gasteiger partial charge < -0.3 is 15.0 Å². The Kier molecular flexibility index (Phi) is 5.39. The van der Waals surface area contributed by atoms with Crippen molar-refractivity contribution < 1.29 is 9.53 Å². The number of nitrogens with zero attached hydrogens (tertiary/aromatic N) is 1. The summed E-state index contributed by atoms with van der Waals surface area (Å²) >= 11 is 0. The summed E-state index contributed by atoms with van der Waals surface area (Å²) < 4.78 is 5.62. The highest BCUT2D eigenvalue weighted by molar-refractivity contribution is 5.94. The van der Waals surface area contributed by atoms with E-state index in [1.54, 1.807) is 0 Å². The van der Waals surface area contributed by atoms with Gasteiger partial charge in [0.05, 0.1) is 6.54 Å². The van der Waals surface area contributed by atoms with Crippen LogP contribution < -0.4 is 15.0 Å². The Morgan fingerprint density at radius 2 is 2.08 bits per heavy atom. The van der Waals surface area contributed by atoms with Crippen LogP contribution in [0.1, 0.15) is 18.9 Å². The van der Waals surface area contributed by atoms with Crippen LogP contribution in [0, 0.1) is 0 Å². The third-order valence-electron chi connectivity index (χ3n) is 4.14. The van der Waals surface area contributed by atoms with Crippen molar-refractivity contribution in [3.63, 3.8) is 0 Å². The molecule has 0 aromatic heterocycles. The minimum absolute atomic E-state index is 0.0197. The van der Waals surface area contributed by atoms with Crippen LogP contribution in [-0.2, 0) is 11.2 Å².